The van der Waals surface area contributed by atoms with Crippen LogP contribution in [0.5, 0.6) is 0 Å². The SMILES string of the molecule is Cn1nnnc1Sc1nc2ccccc2s1. The molecule has 5 nitrogen and oxygen atoms in total. The van der Waals surface area contributed by atoms with Crippen LogP contribution in [-0.2, 0) is 7.05 Å². The summed E-state index contributed by atoms with van der Waals surface area (Å²) in [7, 11) is 1.82. The van der Waals surface area contributed by atoms with Gasteiger partial charge in [-0.15, -0.1) is 16.4 Å². The summed E-state index contributed by atoms with van der Waals surface area (Å²) in [6.07, 6.45) is 0. The standard InChI is InChI=1S/C9H7N5S2/c1-14-8(11-12-13-14)16-9-10-6-4-2-3-5-7(6)15-9/h2-5H,1H3. The summed E-state index contributed by atoms with van der Waals surface area (Å²) in [6.45, 7) is 0. The van der Waals surface area contributed by atoms with Crippen LogP contribution < -0.4 is 0 Å². The molecule has 0 unspecified atom stereocenters. The number of fused-ring (bicyclic) bond motifs is 1. The molecular weight excluding hydrogens is 242 g/mol. The van der Waals surface area contributed by atoms with Crippen molar-refractivity contribution >= 4 is 33.3 Å². The number of para-hydroxylation sites is 1. The molecule has 0 aliphatic heterocycles. The van der Waals surface area contributed by atoms with E-state index in [-0.39, 0.29) is 0 Å². The van der Waals surface area contributed by atoms with Crippen molar-refractivity contribution in [3.05, 3.63) is 24.3 Å². The van der Waals surface area contributed by atoms with Crippen molar-refractivity contribution in [1.82, 2.24) is 25.2 Å². The van der Waals surface area contributed by atoms with Crippen molar-refractivity contribution in [2.75, 3.05) is 0 Å². The lowest BCUT2D eigenvalue weighted by molar-refractivity contribution is 0.664. The fourth-order valence-corrected chi connectivity index (χ4v) is 3.18. The van der Waals surface area contributed by atoms with Gasteiger partial charge in [-0.2, -0.15) is 0 Å². The molecule has 0 saturated carbocycles. The Hall–Kier alpha value is -1.47. The predicted molar refractivity (Wildman–Crippen MR) is 62.5 cm³/mol. The summed E-state index contributed by atoms with van der Waals surface area (Å²) in [6, 6.07) is 8.07. The van der Waals surface area contributed by atoms with Crippen molar-refractivity contribution < 1.29 is 0 Å². The van der Waals surface area contributed by atoms with E-state index in [1.807, 2.05) is 25.2 Å². The minimum atomic E-state index is 0.749. The lowest BCUT2D eigenvalue weighted by Crippen LogP contribution is -1.92. The molecule has 0 spiro atoms. The van der Waals surface area contributed by atoms with Gasteiger partial charge in [0.2, 0.25) is 5.16 Å². The molecular formula is C9H7N5S2. The van der Waals surface area contributed by atoms with E-state index in [1.165, 1.54) is 16.5 Å². The predicted octanol–water partition coefficient (Wildman–Crippen LogP) is 1.97. The van der Waals surface area contributed by atoms with E-state index >= 15 is 0 Å². The van der Waals surface area contributed by atoms with Gasteiger partial charge in [0, 0.05) is 7.05 Å². The van der Waals surface area contributed by atoms with Gasteiger partial charge in [-0.25, -0.2) is 9.67 Å². The Kier molecular flexibility index (Phi) is 2.33. The number of nitrogens with zero attached hydrogens (tertiary/aromatic N) is 5. The van der Waals surface area contributed by atoms with E-state index in [1.54, 1.807) is 16.0 Å². The van der Waals surface area contributed by atoms with Gasteiger partial charge in [-0.3, -0.25) is 0 Å². The van der Waals surface area contributed by atoms with E-state index in [4.69, 9.17) is 0 Å². The fourth-order valence-electron chi connectivity index (χ4n) is 1.28. The van der Waals surface area contributed by atoms with Gasteiger partial charge in [0.25, 0.3) is 0 Å². The molecule has 0 amide bonds. The molecule has 0 atom stereocenters. The van der Waals surface area contributed by atoms with Gasteiger partial charge >= 0.3 is 0 Å². The molecule has 0 bridgehead atoms. The number of aryl methyl sites for hydroxylation is 1. The molecule has 2 heterocycles. The maximum absolute atomic E-state index is 4.50. The quantitative estimate of drug-likeness (QED) is 0.695. The Morgan fingerprint density at radius 3 is 2.94 bits per heavy atom. The molecule has 2 aromatic heterocycles. The summed E-state index contributed by atoms with van der Waals surface area (Å²) in [5.41, 5.74) is 1.02. The van der Waals surface area contributed by atoms with Crippen molar-refractivity contribution in [2.45, 2.75) is 9.50 Å². The third-order valence-electron chi connectivity index (χ3n) is 2.03. The summed E-state index contributed by atoms with van der Waals surface area (Å²) < 4.78 is 3.77. The highest BCUT2D eigenvalue weighted by molar-refractivity contribution is 8.01. The first kappa shape index (κ1) is 9.73. The molecule has 3 aromatic rings. The Balaban J connectivity index is 1.98. The van der Waals surface area contributed by atoms with Crippen LogP contribution in [0.1, 0.15) is 0 Å². The highest BCUT2D eigenvalue weighted by atomic mass is 32.2. The van der Waals surface area contributed by atoms with Crippen LogP contribution in [0.3, 0.4) is 0 Å². The third kappa shape index (κ3) is 1.68. The van der Waals surface area contributed by atoms with Gasteiger partial charge in [0.1, 0.15) is 0 Å². The number of aromatic nitrogens is 5. The van der Waals surface area contributed by atoms with Crippen LogP contribution in [0.4, 0.5) is 0 Å². The van der Waals surface area contributed by atoms with Crippen LogP contribution in [0, 0.1) is 0 Å². The molecule has 0 aliphatic carbocycles. The van der Waals surface area contributed by atoms with Crippen molar-refractivity contribution in [1.29, 1.82) is 0 Å². The second-order valence-electron chi connectivity index (χ2n) is 3.13. The average molecular weight is 249 g/mol. The summed E-state index contributed by atoms with van der Waals surface area (Å²) in [5.74, 6) is 0. The van der Waals surface area contributed by atoms with Crippen molar-refractivity contribution in [3.8, 4) is 0 Å². The number of hydrogen-bond acceptors (Lipinski definition) is 6. The van der Waals surface area contributed by atoms with Gasteiger partial charge < -0.3 is 0 Å². The van der Waals surface area contributed by atoms with E-state index in [0.717, 1.165) is 15.0 Å². The zero-order valence-electron chi connectivity index (χ0n) is 8.36. The van der Waals surface area contributed by atoms with Crippen LogP contribution in [0.2, 0.25) is 0 Å². The van der Waals surface area contributed by atoms with Crippen molar-refractivity contribution in [2.24, 2.45) is 7.05 Å². The van der Waals surface area contributed by atoms with Crippen LogP contribution in [0.15, 0.2) is 33.8 Å². The third-order valence-corrected chi connectivity index (χ3v) is 4.16. The molecule has 3 rings (SSSR count). The zero-order valence-corrected chi connectivity index (χ0v) is 9.99. The summed E-state index contributed by atoms with van der Waals surface area (Å²) in [4.78, 5) is 4.50. The first-order chi connectivity index (χ1) is 7.83. The molecule has 0 N–H and O–H groups in total. The molecule has 80 valence electrons. The lowest BCUT2D eigenvalue weighted by Gasteiger charge is -1.92. The van der Waals surface area contributed by atoms with E-state index in [2.05, 4.69) is 26.6 Å². The number of rotatable bonds is 2. The number of benzene rings is 1. The summed E-state index contributed by atoms with van der Waals surface area (Å²) >= 11 is 3.13. The highest BCUT2D eigenvalue weighted by Gasteiger charge is 2.09. The molecule has 0 fully saturated rings. The lowest BCUT2D eigenvalue weighted by atomic mass is 10.3. The van der Waals surface area contributed by atoms with Crippen LogP contribution in [-0.4, -0.2) is 25.2 Å². The smallest absolute Gasteiger partial charge is 0.216 e. The Labute approximate surface area is 99.5 Å². The topological polar surface area (TPSA) is 56.5 Å². The Bertz CT molecular complexity index is 596. The molecule has 0 radical (unpaired) electrons. The average Bonchev–Trinajstić information content (AvgIpc) is 2.85. The maximum Gasteiger partial charge on any atom is 0.216 e. The first-order valence-electron chi connectivity index (χ1n) is 4.59. The second-order valence-corrected chi connectivity index (χ2v) is 5.38. The molecule has 0 aliphatic rings. The molecule has 0 saturated heterocycles. The van der Waals surface area contributed by atoms with Crippen molar-refractivity contribution in [3.63, 3.8) is 0 Å². The van der Waals surface area contributed by atoms with E-state index < -0.39 is 0 Å². The number of hydrogen-bond donors (Lipinski definition) is 0. The van der Waals surface area contributed by atoms with Crippen LogP contribution >= 0.6 is 23.1 Å². The Morgan fingerprint density at radius 1 is 1.31 bits per heavy atom. The molecule has 7 heteroatoms. The van der Waals surface area contributed by atoms with E-state index in [9.17, 15) is 0 Å². The van der Waals surface area contributed by atoms with Gasteiger partial charge in [-0.1, -0.05) is 12.1 Å². The van der Waals surface area contributed by atoms with Gasteiger partial charge in [0.15, 0.2) is 4.34 Å². The maximum atomic E-state index is 4.50. The second kappa shape index (κ2) is 3.84. The summed E-state index contributed by atoms with van der Waals surface area (Å²) in [5, 5.41) is 12.0. The zero-order chi connectivity index (χ0) is 11.0. The number of thiazole rings is 1. The minimum absolute atomic E-state index is 0.749. The monoisotopic (exact) mass is 249 g/mol. The van der Waals surface area contributed by atoms with E-state index in [0.29, 0.717) is 0 Å². The Morgan fingerprint density at radius 2 is 2.19 bits per heavy atom. The minimum Gasteiger partial charge on any atom is -0.229 e. The number of tetrazole rings is 1. The molecule has 1 aromatic carbocycles. The van der Waals surface area contributed by atoms with Crippen LogP contribution in [0.25, 0.3) is 10.2 Å². The normalized spacial score (nSPS) is 11.1. The fraction of sp³-hybridized carbons (Fsp3) is 0.111. The molecule has 16 heavy (non-hydrogen) atoms. The largest absolute Gasteiger partial charge is 0.229 e. The van der Waals surface area contributed by atoms with Gasteiger partial charge in [-0.05, 0) is 34.3 Å². The first-order valence-corrected chi connectivity index (χ1v) is 6.22. The highest BCUT2D eigenvalue weighted by Crippen LogP contribution is 2.32. The van der Waals surface area contributed by atoms with Gasteiger partial charge in [0.05, 0.1) is 10.2 Å².